The molecule has 1 amide bonds. The lowest BCUT2D eigenvalue weighted by Crippen LogP contribution is -2.31. The molecule has 0 aliphatic carbocycles. The van der Waals surface area contributed by atoms with Gasteiger partial charge in [0.15, 0.2) is 5.78 Å². The average molecular weight is 410 g/mol. The second-order valence-corrected chi connectivity index (χ2v) is 7.17. The number of hydrogen-bond acceptors (Lipinski definition) is 4. The third-order valence-corrected chi connectivity index (χ3v) is 4.83. The molecule has 0 atom stereocenters. The van der Waals surface area contributed by atoms with Gasteiger partial charge in [-0.05, 0) is 57.2 Å². The molecular weight excluding hydrogens is 390 g/mol. The fourth-order valence-electron chi connectivity index (χ4n) is 2.88. The highest BCUT2D eigenvalue weighted by Gasteiger charge is 2.16. The molecule has 0 spiro atoms. The second-order valence-electron chi connectivity index (χ2n) is 6.73. The number of aromatic nitrogens is 2. The number of carbonyl (C=O) groups excluding carboxylic acids is 2. The molecule has 1 N–H and O–H groups in total. The van der Waals surface area contributed by atoms with Gasteiger partial charge in [0.1, 0.15) is 12.4 Å². The maximum Gasteiger partial charge on any atom is 0.257 e. The van der Waals surface area contributed by atoms with E-state index in [2.05, 4.69) is 10.3 Å². The quantitative estimate of drug-likeness (QED) is 0.645. The van der Waals surface area contributed by atoms with Gasteiger partial charge < -0.3 is 5.32 Å². The van der Waals surface area contributed by atoms with Gasteiger partial charge in [0, 0.05) is 33.1 Å². The Morgan fingerprint density at radius 3 is 2.41 bits per heavy atom. The number of amides is 1. The summed E-state index contributed by atoms with van der Waals surface area (Å²) in [5, 5.41) is 3.25. The van der Waals surface area contributed by atoms with Crippen molar-refractivity contribution in [2.45, 2.75) is 27.3 Å². The summed E-state index contributed by atoms with van der Waals surface area (Å²) in [7, 11) is 0. The van der Waals surface area contributed by atoms with Crippen molar-refractivity contribution in [1.82, 2.24) is 9.55 Å². The summed E-state index contributed by atoms with van der Waals surface area (Å²) in [6.45, 7) is 4.71. The Labute approximate surface area is 173 Å². The van der Waals surface area contributed by atoms with Crippen molar-refractivity contribution in [1.29, 1.82) is 0 Å². The Morgan fingerprint density at radius 1 is 1.10 bits per heavy atom. The molecule has 0 saturated carbocycles. The number of carbonyl (C=O) groups is 2. The van der Waals surface area contributed by atoms with Crippen LogP contribution in [0.25, 0.3) is 11.4 Å². The molecule has 6 nitrogen and oxygen atoms in total. The molecule has 0 aliphatic heterocycles. The molecule has 0 bridgehead atoms. The highest BCUT2D eigenvalue weighted by Crippen LogP contribution is 2.21. The molecule has 0 unspecified atom stereocenters. The number of rotatable bonds is 5. The molecule has 1 heterocycles. The summed E-state index contributed by atoms with van der Waals surface area (Å²) in [5.41, 5.74) is 2.54. The van der Waals surface area contributed by atoms with E-state index in [9.17, 15) is 14.4 Å². The van der Waals surface area contributed by atoms with E-state index in [1.54, 1.807) is 62.4 Å². The van der Waals surface area contributed by atoms with Crippen LogP contribution in [0.2, 0.25) is 5.02 Å². The molecule has 7 heteroatoms. The fourth-order valence-corrected chi connectivity index (χ4v) is 3.07. The summed E-state index contributed by atoms with van der Waals surface area (Å²) in [6, 6.07) is 13.6. The minimum Gasteiger partial charge on any atom is -0.325 e. The number of benzene rings is 2. The van der Waals surface area contributed by atoms with Crippen LogP contribution < -0.4 is 10.9 Å². The van der Waals surface area contributed by atoms with E-state index in [4.69, 9.17) is 11.6 Å². The third kappa shape index (κ3) is 4.60. The molecule has 3 rings (SSSR count). The van der Waals surface area contributed by atoms with Crippen LogP contribution in [0.3, 0.4) is 0 Å². The minimum absolute atomic E-state index is 0.0539. The first-order valence-corrected chi connectivity index (χ1v) is 9.39. The first-order valence-electron chi connectivity index (χ1n) is 9.01. The van der Waals surface area contributed by atoms with Crippen molar-refractivity contribution in [3.63, 3.8) is 0 Å². The van der Waals surface area contributed by atoms with E-state index < -0.39 is 0 Å². The van der Waals surface area contributed by atoms with Crippen molar-refractivity contribution in [3.05, 3.63) is 80.7 Å². The van der Waals surface area contributed by atoms with Crippen LogP contribution in [0.4, 0.5) is 5.69 Å². The van der Waals surface area contributed by atoms with Crippen LogP contribution in [-0.2, 0) is 11.3 Å². The lowest BCUT2D eigenvalue weighted by atomic mass is 10.1. The van der Waals surface area contributed by atoms with Crippen LogP contribution >= 0.6 is 11.6 Å². The number of anilines is 1. The van der Waals surface area contributed by atoms with E-state index in [0.29, 0.717) is 38.9 Å². The third-order valence-electron chi connectivity index (χ3n) is 4.60. The van der Waals surface area contributed by atoms with Gasteiger partial charge in [-0.2, -0.15) is 0 Å². The largest absolute Gasteiger partial charge is 0.325 e. The lowest BCUT2D eigenvalue weighted by molar-refractivity contribution is -0.116. The van der Waals surface area contributed by atoms with Crippen LogP contribution in [0.5, 0.6) is 0 Å². The second kappa shape index (κ2) is 8.41. The van der Waals surface area contributed by atoms with Gasteiger partial charge in [-0.25, -0.2) is 4.98 Å². The Bertz CT molecular complexity index is 1150. The van der Waals surface area contributed by atoms with E-state index in [1.165, 1.54) is 11.5 Å². The highest BCUT2D eigenvalue weighted by atomic mass is 35.5. The topological polar surface area (TPSA) is 81.1 Å². The van der Waals surface area contributed by atoms with E-state index >= 15 is 0 Å². The number of aryl methyl sites for hydroxylation is 1. The Kier molecular flexibility index (Phi) is 5.94. The molecule has 0 saturated heterocycles. The number of halogens is 1. The van der Waals surface area contributed by atoms with E-state index in [0.717, 1.165) is 0 Å². The van der Waals surface area contributed by atoms with Crippen molar-refractivity contribution >= 4 is 29.0 Å². The number of nitrogens with zero attached hydrogens (tertiary/aromatic N) is 2. The molecule has 2 aromatic carbocycles. The highest BCUT2D eigenvalue weighted by molar-refractivity contribution is 6.30. The molecule has 148 valence electrons. The predicted octanol–water partition coefficient (Wildman–Crippen LogP) is 4.02. The summed E-state index contributed by atoms with van der Waals surface area (Å²) >= 11 is 6.09. The summed E-state index contributed by atoms with van der Waals surface area (Å²) in [6.07, 6.45) is 0. The molecule has 29 heavy (non-hydrogen) atoms. The minimum atomic E-state index is -0.379. The molecule has 0 fully saturated rings. The van der Waals surface area contributed by atoms with Crippen molar-refractivity contribution in [3.8, 4) is 11.4 Å². The SMILES string of the molecule is CC(=O)c1ccc(NC(=O)Cn2c(-c3cccc(Cl)c3)nc(C)c(C)c2=O)cc1. The standard InChI is InChI=1S/C22H20ClN3O3/c1-13-14(2)24-21(17-5-4-6-18(23)11-17)26(22(13)29)12-20(28)25-19-9-7-16(8-10-19)15(3)27/h4-11H,12H2,1-3H3,(H,25,28). The first kappa shape index (κ1) is 20.5. The van der Waals surface area contributed by atoms with Gasteiger partial charge in [0.25, 0.3) is 5.56 Å². The van der Waals surface area contributed by atoms with Crippen LogP contribution in [-0.4, -0.2) is 21.2 Å². The van der Waals surface area contributed by atoms with Crippen LogP contribution in [0, 0.1) is 13.8 Å². The summed E-state index contributed by atoms with van der Waals surface area (Å²) < 4.78 is 1.34. The van der Waals surface area contributed by atoms with Crippen LogP contribution in [0.1, 0.15) is 28.5 Å². The van der Waals surface area contributed by atoms with E-state index in [1.807, 2.05) is 0 Å². The maximum atomic E-state index is 12.8. The van der Waals surface area contributed by atoms with E-state index in [-0.39, 0.29) is 23.8 Å². The molecule has 1 aromatic heterocycles. The fraction of sp³-hybridized carbons (Fsp3) is 0.182. The Balaban J connectivity index is 1.93. The zero-order valence-corrected chi connectivity index (χ0v) is 17.1. The van der Waals surface area contributed by atoms with Gasteiger partial charge in [0.2, 0.25) is 5.91 Å². The normalized spacial score (nSPS) is 10.6. The number of nitrogens with one attached hydrogen (secondary N) is 1. The number of ketones is 1. The Morgan fingerprint density at radius 2 is 1.79 bits per heavy atom. The monoisotopic (exact) mass is 409 g/mol. The zero-order chi connectivity index (χ0) is 21.1. The Hall–Kier alpha value is -3.25. The lowest BCUT2D eigenvalue weighted by Gasteiger charge is -2.15. The van der Waals surface area contributed by atoms with Gasteiger partial charge >= 0.3 is 0 Å². The number of hydrogen-bond donors (Lipinski definition) is 1. The maximum absolute atomic E-state index is 12.8. The predicted molar refractivity (Wildman–Crippen MR) is 113 cm³/mol. The van der Waals surface area contributed by atoms with Gasteiger partial charge in [0.05, 0.1) is 0 Å². The van der Waals surface area contributed by atoms with Crippen molar-refractivity contribution in [2.24, 2.45) is 0 Å². The van der Waals surface area contributed by atoms with Crippen molar-refractivity contribution in [2.75, 3.05) is 5.32 Å². The summed E-state index contributed by atoms with van der Waals surface area (Å²) in [4.78, 5) is 41.4. The smallest absolute Gasteiger partial charge is 0.257 e. The molecular formula is C22H20ClN3O3. The van der Waals surface area contributed by atoms with Gasteiger partial charge in [-0.15, -0.1) is 0 Å². The van der Waals surface area contributed by atoms with Crippen LogP contribution in [0.15, 0.2) is 53.3 Å². The molecule has 0 aliphatic rings. The van der Waals surface area contributed by atoms with Gasteiger partial charge in [-0.1, -0.05) is 23.7 Å². The zero-order valence-electron chi connectivity index (χ0n) is 16.3. The molecule has 0 radical (unpaired) electrons. The first-order chi connectivity index (χ1) is 13.8. The summed E-state index contributed by atoms with van der Waals surface area (Å²) in [5.74, 6) is -0.0551. The average Bonchev–Trinajstić information content (AvgIpc) is 2.68. The van der Waals surface area contributed by atoms with Gasteiger partial charge in [-0.3, -0.25) is 19.0 Å². The molecule has 3 aromatic rings. The number of Topliss-reactive ketones (excluding diaryl/α,β-unsaturated/α-hetero) is 1. The van der Waals surface area contributed by atoms with Crippen molar-refractivity contribution < 1.29 is 9.59 Å².